The van der Waals surface area contributed by atoms with Gasteiger partial charge in [0.1, 0.15) is 0 Å². The summed E-state index contributed by atoms with van der Waals surface area (Å²) in [5.74, 6) is 2.48. The van der Waals surface area contributed by atoms with Crippen molar-refractivity contribution in [2.24, 2.45) is 0 Å². The summed E-state index contributed by atoms with van der Waals surface area (Å²) in [6, 6.07) is 14.1. The molecule has 0 saturated carbocycles. The second-order valence-corrected chi connectivity index (χ2v) is 7.52. The fraction of sp³-hybridized carbons (Fsp3) is 0.179. The number of hydrogen-bond acceptors (Lipinski definition) is 8. The van der Waals surface area contributed by atoms with Gasteiger partial charge in [-0.05, 0) is 54.1 Å². The highest BCUT2D eigenvalue weighted by Crippen LogP contribution is 2.40. The first kappa shape index (κ1) is 26.0. The number of nitrogens with one attached hydrogen (secondary N) is 1. The first-order valence-corrected chi connectivity index (χ1v) is 11.0. The first-order valence-electron chi connectivity index (χ1n) is 11.0. The third-order valence-corrected chi connectivity index (χ3v) is 5.38. The Morgan fingerprint density at radius 1 is 0.750 bits per heavy atom. The molecule has 3 aromatic rings. The van der Waals surface area contributed by atoms with Crippen molar-refractivity contribution in [1.82, 2.24) is 0 Å². The molecule has 8 nitrogen and oxygen atoms in total. The summed E-state index contributed by atoms with van der Waals surface area (Å²) in [7, 11) is 7.81. The average Bonchev–Trinajstić information content (AvgIpc) is 2.91. The molecule has 0 aliphatic rings. The van der Waals surface area contributed by atoms with Gasteiger partial charge in [0.05, 0.1) is 41.2 Å². The number of carbonyl (C=O) groups excluding carboxylic acids is 1. The van der Waals surface area contributed by atoms with Crippen molar-refractivity contribution in [3.8, 4) is 28.7 Å². The number of ether oxygens (including phenoxy) is 5. The molecular formula is C28H30N2O6. The molecule has 0 fully saturated rings. The van der Waals surface area contributed by atoms with Crippen molar-refractivity contribution in [2.75, 3.05) is 46.6 Å². The lowest BCUT2D eigenvalue weighted by Crippen LogP contribution is -2.01. The van der Waals surface area contributed by atoms with Crippen molar-refractivity contribution in [3.63, 3.8) is 0 Å². The number of nitrogen functional groups attached to an aromatic ring is 1. The standard InChI is InChI=1S/C28H30N2O6/c1-32-23-13-10-20(7-6-18-16-24(33-2)27(35-4)25(17-18)34-3)26(28(23)36-5)30-15-14-22(31)19-8-11-21(29)12-9-19/h6-17,30H,29H2,1-5H3. The molecule has 0 unspecified atom stereocenters. The molecule has 0 heterocycles. The Bertz CT molecular complexity index is 1240. The second-order valence-electron chi connectivity index (χ2n) is 7.52. The van der Waals surface area contributed by atoms with Crippen LogP contribution in [0.5, 0.6) is 28.7 Å². The second kappa shape index (κ2) is 12.2. The molecular weight excluding hydrogens is 460 g/mol. The van der Waals surface area contributed by atoms with Crippen LogP contribution in [0.15, 0.2) is 60.8 Å². The number of rotatable bonds is 11. The summed E-state index contributed by atoms with van der Waals surface area (Å²) in [6.07, 6.45) is 6.81. The van der Waals surface area contributed by atoms with Crippen LogP contribution in [0, 0.1) is 0 Å². The van der Waals surface area contributed by atoms with Gasteiger partial charge in [0.25, 0.3) is 0 Å². The van der Waals surface area contributed by atoms with Gasteiger partial charge in [-0.1, -0.05) is 12.2 Å². The lowest BCUT2D eigenvalue weighted by Gasteiger charge is -2.15. The highest BCUT2D eigenvalue weighted by molar-refractivity contribution is 6.04. The Balaban J connectivity index is 1.95. The van der Waals surface area contributed by atoms with Crippen LogP contribution in [0.4, 0.5) is 11.4 Å². The van der Waals surface area contributed by atoms with Gasteiger partial charge in [-0.3, -0.25) is 4.79 Å². The first-order chi connectivity index (χ1) is 17.4. The van der Waals surface area contributed by atoms with Gasteiger partial charge >= 0.3 is 0 Å². The van der Waals surface area contributed by atoms with E-state index in [0.29, 0.717) is 45.7 Å². The van der Waals surface area contributed by atoms with E-state index in [9.17, 15) is 4.79 Å². The molecule has 3 rings (SSSR count). The highest BCUT2D eigenvalue weighted by Gasteiger charge is 2.15. The van der Waals surface area contributed by atoms with Crippen LogP contribution in [-0.4, -0.2) is 41.3 Å². The van der Waals surface area contributed by atoms with Gasteiger partial charge in [-0.15, -0.1) is 0 Å². The Morgan fingerprint density at radius 2 is 1.36 bits per heavy atom. The quantitative estimate of drug-likeness (QED) is 0.162. The van der Waals surface area contributed by atoms with Crippen molar-refractivity contribution in [3.05, 3.63) is 77.5 Å². The van der Waals surface area contributed by atoms with E-state index in [4.69, 9.17) is 29.4 Å². The zero-order chi connectivity index (χ0) is 26.1. The Hall–Kier alpha value is -4.59. The maximum atomic E-state index is 12.5. The zero-order valence-corrected chi connectivity index (χ0v) is 21.0. The van der Waals surface area contributed by atoms with E-state index in [1.807, 2.05) is 36.4 Å². The summed E-state index contributed by atoms with van der Waals surface area (Å²) >= 11 is 0. The lowest BCUT2D eigenvalue weighted by molar-refractivity contribution is 0.104. The molecule has 0 bridgehead atoms. The van der Waals surface area contributed by atoms with E-state index in [0.717, 1.165) is 11.1 Å². The summed E-state index contributed by atoms with van der Waals surface area (Å²) < 4.78 is 27.3. The molecule has 3 N–H and O–H groups in total. The van der Waals surface area contributed by atoms with Crippen molar-refractivity contribution in [1.29, 1.82) is 0 Å². The SMILES string of the molecule is COc1cc(C=Cc2ccc(OC)c(OC)c2NC=CC(=O)c2ccc(N)cc2)cc(OC)c1OC. The number of anilines is 2. The smallest absolute Gasteiger partial charge is 0.203 e. The van der Waals surface area contributed by atoms with Gasteiger partial charge in [-0.2, -0.15) is 0 Å². The fourth-order valence-corrected chi connectivity index (χ4v) is 3.56. The van der Waals surface area contributed by atoms with E-state index in [2.05, 4.69) is 5.32 Å². The van der Waals surface area contributed by atoms with E-state index in [-0.39, 0.29) is 5.78 Å². The molecule has 0 atom stereocenters. The normalized spacial score (nSPS) is 10.9. The summed E-state index contributed by atoms with van der Waals surface area (Å²) in [5, 5.41) is 3.17. The number of nitrogens with two attached hydrogens (primary N) is 1. The minimum absolute atomic E-state index is 0.168. The van der Waals surface area contributed by atoms with Gasteiger partial charge in [-0.25, -0.2) is 0 Å². The van der Waals surface area contributed by atoms with Crippen molar-refractivity contribution < 1.29 is 28.5 Å². The molecule has 0 aliphatic carbocycles. The van der Waals surface area contributed by atoms with E-state index in [1.165, 1.54) is 6.08 Å². The summed E-state index contributed by atoms with van der Waals surface area (Å²) in [6.45, 7) is 0. The summed E-state index contributed by atoms with van der Waals surface area (Å²) in [4.78, 5) is 12.5. The van der Waals surface area contributed by atoms with E-state index < -0.39 is 0 Å². The predicted molar refractivity (Wildman–Crippen MR) is 143 cm³/mol. The van der Waals surface area contributed by atoms with Gasteiger partial charge in [0.15, 0.2) is 28.8 Å². The predicted octanol–water partition coefficient (Wildman–Crippen LogP) is 5.29. The monoisotopic (exact) mass is 490 g/mol. The number of benzene rings is 3. The topological polar surface area (TPSA) is 101 Å². The molecule has 8 heteroatoms. The van der Waals surface area contributed by atoms with E-state index in [1.54, 1.807) is 66.0 Å². The van der Waals surface area contributed by atoms with Crippen LogP contribution in [0.3, 0.4) is 0 Å². The van der Waals surface area contributed by atoms with Crippen LogP contribution in [0.1, 0.15) is 21.5 Å². The molecule has 0 amide bonds. The Kier molecular flexibility index (Phi) is 8.83. The third-order valence-electron chi connectivity index (χ3n) is 5.38. The number of carbonyl (C=O) groups is 1. The molecule has 3 aromatic carbocycles. The molecule has 0 saturated heterocycles. The molecule has 0 radical (unpaired) electrons. The lowest BCUT2D eigenvalue weighted by atomic mass is 10.1. The molecule has 188 valence electrons. The van der Waals surface area contributed by atoms with Crippen LogP contribution in [-0.2, 0) is 0 Å². The maximum absolute atomic E-state index is 12.5. The highest BCUT2D eigenvalue weighted by atomic mass is 16.5. The Labute approximate surface area is 210 Å². The zero-order valence-electron chi connectivity index (χ0n) is 21.0. The van der Waals surface area contributed by atoms with Gasteiger partial charge < -0.3 is 34.7 Å². The minimum Gasteiger partial charge on any atom is -0.493 e. The van der Waals surface area contributed by atoms with Gasteiger partial charge in [0.2, 0.25) is 5.75 Å². The summed E-state index contributed by atoms with van der Waals surface area (Å²) in [5.41, 5.74) is 9.08. The molecule has 0 aliphatic heterocycles. The minimum atomic E-state index is -0.168. The third kappa shape index (κ3) is 5.90. The number of methoxy groups -OCH3 is 5. The van der Waals surface area contributed by atoms with Crippen LogP contribution in [0.25, 0.3) is 12.2 Å². The molecule has 0 spiro atoms. The number of ketones is 1. The van der Waals surface area contributed by atoms with Crippen molar-refractivity contribution in [2.45, 2.75) is 0 Å². The van der Waals surface area contributed by atoms with Crippen LogP contribution in [0.2, 0.25) is 0 Å². The maximum Gasteiger partial charge on any atom is 0.203 e. The van der Waals surface area contributed by atoms with E-state index >= 15 is 0 Å². The number of hydrogen-bond donors (Lipinski definition) is 2. The van der Waals surface area contributed by atoms with Crippen LogP contribution >= 0.6 is 0 Å². The largest absolute Gasteiger partial charge is 0.493 e. The molecule has 36 heavy (non-hydrogen) atoms. The fourth-order valence-electron chi connectivity index (χ4n) is 3.56. The van der Waals surface area contributed by atoms with Gasteiger partial charge in [0, 0.05) is 29.1 Å². The van der Waals surface area contributed by atoms with Crippen LogP contribution < -0.4 is 34.7 Å². The molecule has 0 aromatic heterocycles. The Morgan fingerprint density at radius 3 is 1.92 bits per heavy atom. The number of allylic oxidation sites excluding steroid dienone is 1. The average molecular weight is 491 g/mol. The van der Waals surface area contributed by atoms with Crippen molar-refractivity contribution >= 4 is 29.3 Å².